The fourth-order valence-electron chi connectivity index (χ4n) is 6.96. The molecular formula is C20H32O3. The fraction of sp³-hybridized carbons (Fsp3) is 0.900. The number of fused-ring (bicyclic) bond motifs is 5. The minimum Gasteiger partial charge on any atom is -0.393 e. The molecule has 23 heavy (non-hydrogen) atoms. The Morgan fingerprint density at radius 1 is 1.04 bits per heavy atom. The van der Waals surface area contributed by atoms with Crippen LogP contribution in [0, 0.1) is 34.5 Å². The van der Waals surface area contributed by atoms with E-state index >= 15 is 0 Å². The highest BCUT2D eigenvalue weighted by atomic mass is 16.5. The molecule has 4 aliphatic carbocycles. The van der Waals surface area contributed by atoms with Gasteiger partial charge >= 0.3 is 0 Å². The van der Waals surface area contributed by atoms with Crippen molar-refractivity contribution in [2.24, 2.45) is 34.5 Å². The third-order valence-electron chi connectivity index (χ3n) is 8.41. The van der Waals surface area contributed by atoms with Crippen LogP contribution in [0.1, 0.15) is 52.4 Å². The van der Waals surface area contributed by atoms with E-state index in [1.165, 1.54) is 6.42 Å². The molecule has 3 nitrogen and oxygen atoms in total. The van der Waals surface area contributed by atoms with Crippen LogP contribution >= 0.6 is 0 Å². The van der Waals surface area contributed by atoms with Gasteiger partial charge in [-0.05, 0) is 73.0 Å². The van der Waals surface area contributed by atoms with Crippen molar-refractivity contribution in [1.82, 2.24) is 0 Å². The standard InChI is InChI=1S/C20H32O3/c1-19-8-6-13(21)10-12(19)11-16(23-3)18-14-4-5-17(22)20(14,2)9-7-15(18)19/h6,8,12-18,21-22H,4-5,7,9-11H2,1-3H3/t12?,13?,14-,15+,16?,17?,18-,19-,20-/m0/s1. The monoisotopic (exact) mass is 320 g/mol. The molecule has 4 unspecified atom stereocenters. The van der Waals surface area contributed by atoms with E-state index in [1.54, 1.807) is 0 Å². The van der Waals surface area contributed by atoms with Gasteiger partial charge in [-0.2, -0.15) is 0 Å². The molecule has 3 saturated carbocycles. The van der Waals surface area contributed by atoms with E-state index in [4.69, 9.17) is 4.74 Å². The second-order valence-electron chi connectivity index (χ2n) is 9.16. The Bertz CT molecular complexity index is 503. The molecule has 3 heteroatoms. The summed E-state index contributed by atoms with van der Waals surface area (Å²) >= 11 is 0. The molecule has 3 fully saturated rings. The van der Waals surface area contributed by atoms with Crippen LogP contribution in [0.3, 0.4) is 0 Å². The first-order valence-electron chi connectivity index (χ1n) is 9.48. The Kier molecular flexibility index (Phi) is 3.72. The van der Waals surface area contributed by atoms with E-state index in [0.29, 0.717) is 23.7 Å². The maximum Gasteiger partial charge on any atom is 0.0724 e. The van der Waals surface area contributed by atoms with Crippen LogP contribution in [-0.2, 0) is 4.74 Å². The Labute approximate surface area is 140 Å². The lowest BCUT2D eigenvalue weighted by Crippen LogP contribution is -2.58. The van der Waals surface area contributed by atoms with E-state index in [1.807, 2.05) is 13.2 Å². The zero-order valence-electron chi connectivity index (χ0n) is 14.7. The lowest BCUT2D eigenvalue weighted by molar-refractivity contribution is -0.159. The van der Waals surface area contributed by atoms with Crippen LogP contribution in [-0.4, -0.2) is 35.6 Å². The highest BCUT2D eigenvalue weighted by Crippen LogP contribution is 2.65. The van der Waals surface area contributed by atoms with Gasteiger partial charge in [0.15, 0.2) is 0 Å². The minimum absolute atomic E-state index is 0.0824. The zero-order valence-corrected chi connectivity index (χ0v) is 14.7. The summed E-state index contributed by atoms with van der Waals surface area (Å²) in [6.07, 6.45) is 10.6. The Balaban J connectivity index is 1.73. The van der Waals surface area contributed by atoms with E-state index in [9.17, 15) is 10.2 Å². The van der Waals surface area contributed by atoms with Gasteiger partial charge < -0.3 is 14.9 Å². The maximum atomic E-state index is 10.6. The molecule has 0 bridgehead atoms. The summed E-state index contributed by atoms with van der Waals surface area (Å²) in [5, 5.41) is 20.7. The van der Waals surface area contributed by atoms with Gasteiger partial charge in [-0.25, -0.2) is 0 Å². The van der Waals surface area contributed by atoms with Crippen LogP contribution in [0.2, 0.25) is 0 Å². The van der Waals surface area contributed by atoms with Gasteiger partial charge in [-0.15, -0.1) is 0 Å². The third-order valence-corrected chi connectivity index (χ3v) is 8.41. The summed E-state index contributed by atoms with van der Waals surface area (Å²) in [7, 11) is 1.86. The number of hydrogen-bond donors (Lipinski definition) is 2. The van der Waals surface area contributed by atoms with Gasteiger partial charge in [0, 0.05) is 7.11 Å². The number of methoxy groups -OCH3 is 1. The largest absolute Gasteiger partial charge is 0.393 e. The first-order chi connectivity index (χ1) is 10.9. The van der Waals surface area contributed by atoms with E-state index < -0.39 is 0 Å². The first kappa shape index (κ1) is 16.1. The highest BCUT2D eigenvalue weighted by molar-refractivity contribution is 5.18. The lowest BCUT2D eigenvalue weighted by Gasteiger charge is -2.61. The number of allylic oxidation sites excluding steroid dienone is 1. The van der Waals surface area contributed by atoms with E-state index in [2.05, 4.69) is 19.9 Å². The van der Waals surface area contributed by atoms with Gasteiger partial charge in [0.2, 0.25) is 0 Å². The molecule has 0 aromatic heterocycles. The number of rotatable bonds is 1. The average Bonchev–Trinajstić information content (AvgIpc) is 2.83. The molecule has 2 N–H and O–H groups in total. The SMILES string of the molecule is COC1CC2CC(O)C=C[C@]2(C)[C@@H]2CC[C@]3(C)C(O)CC[C@H]3[C@H]12. The number of ether oxygens (including phenoxy) is 1. The minimum atomic E-state index is -0.288. The molecule has 0 aliphatic heterocycles. The Morgan fingerprint density at radius 3 is 2.57 bits per heavy atom. The van der Waals surface area contributed by atoms with Gasteiger partial charge in [0.1, 0.15) is 0 Å². The normalized spacial score (nSPS) is 58.4. The molecule has 9 atom stereocenters. The molecular weight excluding hydrogens is 288 g/mol. The Morgan fingerprint density at radius 2 is 1.83 bits per heavy atom. The number of aliphatic hydroxyl groups excluding tert-OH is 2. The van der Waals surface area contributed by atoms with Gasteiger partial charge in [0.05, 0.1) is 18.3 Å². The van der Waals surface area contributed by atoms with Crippen molar-refractivity contribution in [2.75, 3.05) is 7.11 Å². The van der Waals surface area contributed by atoms with Crippen molar-refractivity contribution in [2.45, 2.75) is 70.7 Å². The molecule has 4 rings (SSSR count). The molecule has 0 radical (unpaired) electrons. The summed E-state index contributed by atoms with van der Waals surface area (Å²) in [5.41, 5.74) is 0.271. The van der Waals surface area contributed by atoms with Crippen molar-refractivity contribution >= 4 is 0 Å². The van der Waals surface area contributed by atoms with Crippen LogP contribution in [0.25, 0.3) is 0 Å². The second kappa shape index (κ2) is 5.31. The summed E-state index contributed by atoms with van der Waals surface area (Å²) in [6.45, 7) is 4.73. The summed E-state index contributed by atoms with van der Waals surface area (Å²) in [4.78, 5) is 0. The molecule has 0 saturated heterocycles. The van der Waals surface area contributed by atoms with Crippen LogP contribution in [0.4, 0.5) is 0 Å². The predicted molar refractivity (Wildman–Crippen MR) is 89.8 cm³/mol. The molecule has 0 amide bonds. The van der Waals surface area contributed by atoms with Gasteiger partial charge in [-0.3, -0.25) is 0 Å². The van der Waals surface area contributed by atoms with Crippen LogP contribution < -0.4 is 0 Å². The molecule has 0 aromatic carbocycles. The predicted octanol–water partition coefficient (Wildman–Crippen LogP) is 3.15. The Hall–Kier alpha value is -0.380. The summed E-state index contributed by atoms with van der Waals surface area (Å²) < 4.78 is 5.99. The van der Waals surface area contributed by atoms with Crippen LogP contribution in [0.5, 0.6) is 0 Å². The number of aliphatic hydroxyl groups is 2. The molecule has 0 aromatic rings. The van der Waals surface area contributed by atoms with E-state index in [-0.39, 0.29) is 29.1 Å². The number of hydrogen-bond acceptors (Lipinski definition) is 3. The first-order valence-corrected chi connectivity index (χ1v) is 9.48. The van der Waals surface area contributed by atoms with Crippen LogP contribution in [0.15, 0.2) is 12.2 Å². The van der Waals surface area contributed by atoms with Crippen molar-refractivity contribution < 1.29 is 14.9 Å². The third kappa shape index (κ3) is 2.12. The lowest BCUT2D eigenvalue weighted by atomic mass is 9.45. The van der Waals surface area contributed by atoms with Crippen molar-refractivity contribution in [3.63, 3.8) is 0 Å². The zero-order chi connectivity index (χ0) is 16.4. The molecule has 130 valence electrons. The second-order valence-corrected chi connectivity index (χ2v) is 9.16. The molecule has 0 spiro atoms. The molecule has 0 heterocycles. The highest BCUT2D eigenvalue weighted by Gasteiger charge is 2.62. The van der Waals surface area contributed by atoms with E-state index in [0.717, 1.165) is 32.1 Å². The molecule has 4 aliphatic rings. The van der Waals surface area contributed by atoms with Crippen molar-refractivity contribution in [1.29, 1.82) is 0 Å². The average molecular weight is 320 g/mol. The fourth-order valence-corrected chi connectivity index (χ4v) is 6.96. The maximum absolute atomic E-state index is 10.6. The van der Waals surface area contributed by atoms with Crippen molar-refractivity contribution in [3.05, 3.63) is 12.2 Å². The van der Waals surface area contributed by atoms with Crippen molar-refractivity contribution in [3.8, 4) is 0 Å². The topological polar surface area (TPSA) is 49.7 Å². The van der Waals surface area contributed by atoms with Gasteiger partial charge in [-0.1, -0.05) is 26.0 Å². The summed E-state index contributed by atoms with van der Waals surface area (Å²) in [5.74, 6) is 2.28. The quantitative estimate of drug-likeness (QED) is 0.730. The smallest absolute Gasteiger partial charge is 0.0724 e. The van der Waals surface area contributed by atoms with Gasteiger partial charge in [0.25, 0.3) is 0 Å². The summed E-state index contributed by atoms with van der Waals surface area (Å²) in [6, 6.07) is 0.